The summed E-state index contributed by atoms with van der Waals surface area (Å²) in [4.78, 5) is 0.126. The first kappa shape index (κ1) is 16.1. The first-order chi connectivity index (χ1) is 9.92. The van der Waals surface area contributed by atoms with Gasteiger partial charge < -0.3 is 10.5 Å². The lowest BCUT2D eigenvalue weighted by molar-refractivity contribution is 0.414. The van der Waals surface area contributed by atoms with Gasteiger partial charge in [0, 0.05) is 12.1 Å². The third-order valence-corrected chi connectivity index (χ3v) is 5.68. The molecule has 0 amide bonds. The highest BCUT2D eigenvalue weighted by molar-refractivity contribution is 7.89. The van der Waals surface area contributed by atoms with Crippen LogP contribution in [0.5, 0.6) is 5.75 Å². The Morgan fingerprint density at radius 3 is 2.67 bits per heavy atom. The summed E-state index contributed by atoms with van der Waals surface area (Å²) < 4.78 is 32.8. The number of hydrogen-bond donors (Lipinski definition) is 2. The molecule has 2 unspecified atom stereocenters. The molecule has 1 aliphatic carbocycles. The summed E-state index contributed by atoms with van der Waals surface area (Å²) in [5, 5.41) is 0. The lowest BCUT2D eigenvalue weighted by Gasteiger charge is -2.17. The molecule has 118 valence electrons. The van der Waals surface area contributed by atoms with E-state index in [4.69, 9.17) is 10.5 Å². The van der Waals surface area contributed by atoms with E-state index < -0.39 is 10.0 Å². The largest absolute Gasteiger partial charge is 0.497 e. The quantitative estimate of drug-likeness (QED) is 0.661. The molecular weight excluding hydrogens is 288 g/mol. The van der Waals surface area contributed by atoms with Crippen LogP contribution >= 0.6 is 0 Å². The first-order valence-electron chi connectivity index (χ1n) is 7.38. The third-order valence-electron chi connectivity index (χ3n) is 4.09. The topological polar surface area (TPSA) is 81.4 Å². The van der Waals surface area contributed by atoms with Crippen LogP contribution in [0.4, 0.5) is 5.69 Å². The summed E-state index contributed by atoms with van der Waals surface area (Å²) in [6.45, 7) is 2.22. The van der Waals surface area contributed by atoms with Gasteiger partial charge in [-0.25, -0.2) is 13.1 Å². The van der Waals surface area contributed by atoms with E-state index in [-0.39, 0.29) is 16.6 Å². The number of rotatable bonds is 4. The number of sulfonamides is 1. The summed E-state index contributed by atoms with van der Waals surface area (Å²) in [5.41, 5.74) is 6.05. The first-order valence-corrected chi connectivity index (χ1v) is 8.86. The highest BCUT2D eigenvalue weighted by Gasteiger charge is 2.24. The summed E-state index contributed by atoms with van der Waals surface area (Å²) >= 11 is 0. The van der Waals surface area contributed by atoms with Gasteiger partial charge in [0.05, 0.1) is 12.8 Å². The van der Waals surface area contributed by atoms with Gasteiger partial charge in [0.15, 0.2) is 0 Å². The molecule has 2 rings (SSSR count). The van der Waals surface area contributed by atoms with Crippen LogP contribution in [-0.2, 0) is 10.0 Å². The molecule has 5 nitrogen and oxygen atoms in total. The van der Waals surface area contributed by atoms with Crippen LogP contribution in [-0.4, -0.2) is 21.6 Å². The van der Waals surface area contributed by atoms with Crippen LogP contribution in [0.1, 0.15) is 39.0 Å². The van der Waals surface area contributed by atoms with Crippen LogP contribution in [0.25, 0.3) is 0 Å². The number of nitrogens with two attached hydrogens (primary N) is 1. The highest BCUT2D eigenvalue weighted by Crippen LogP contribution is 2.27. The molecule has 1 aliphatic rings. The maximum absolute atomic E-state index is 12.5. The Kier molecular flexibility index (Phi) is 5.11. The van der Waals surface area contributed by atoms with Crippen LogP contribution in [0, 0.1) is 5.92 Å². The average molecular weight is 312 g/mol. The van der Waals surface area contributed by atoms with Crippen molar-refractivity contribution >= 4 is 15.7 Å². The second-order valence-electron chi connectivity index (χ2n) is 5.84. The van der Waals surface area contributed by atoms with Gasteiger partial charge in [0.2, 0.25) is 10.0 Å². The molecule has 21 heavy (non-hydrogen) atoms. The summed E-state index contributed by atoms with van der Waals surface area (Å²) in [7, 11) is -2.06. The Labute approximate surface area is 126 Å². The van der Waals surface area contributed by atoms with Crippen molar-refractivity contribution < 1.29 is 13.2 Å². The van der Waals surface area contributed by atoms with E-state index in [1.807, 2.05) is 0 Å². The molecule has 0 spiro atoms. The minimum absolute atomic E-state index is 0.00134. The van der Waals surface area contributed by atoms with Gasteiger partial charge in [-0.1, -0.05) is 19.8 Å². The fraction of sp³-hybridized carbons (Fsp3) is 0.600. The zero-order valence-corrected chi connectivity index (χ0v) is 13.4. The molecule has 1 saturated carbocycles. The van der Waals surface area contributed by atoms with Gasteiger partial charge in [-0.15, -0.1) is 0 Å². The number of nitrogen functional groups attached to an aromatic ring is 1. The van der Waals surface area contributed by atoms with E-state index >= 15 is 0 Å². The molecule has 2 atom stereocenters. The fourth-order valence-electron chi connectivity index (χ4n) is 2.79. The molecule has 1 fully saturated rings. The molecule has 1 aromatic rings. The third kappa shape index (κ3) is 4.11. The van der Waals surface area contributed by atoms with E-state index in [1.165, 1.54) is 25.7 Å². The van der Waals surface area contributed by atoms with Crippen LogP contribution in [0.3, 0.4) is 0 Å². The smallest absolute Gasteiger partial charge is 0.242 e. The van der Waals surface area contributed by atoms with Gasteiger partial charge >= 0.3 is 0 Å². The zero-order valence-electron chi connectivity index (χ0n) is 12.6. The van der Waals surface area contributed by atoms with E-state index in [1.54, 1.807) is 6.07 Å². The Hall–Kier alpha value is -1.27. The predicted molar refractivity (Wildman–Crippen MR) is 83.8 cm³/mol. The molecule has 0 aromatic heterocycles. The number of nitrogens with one attached hydrogen (secondary N) is 1. The molecule has 3 N–H and O–H groups in total. The van der Waals surface area contributed by atoms with Gasteiger partial charge in [-0.3, -0.25) is 0 Å². The van der Waals surface area contributed by atoms with Crippen molar-refractivity contribution in [1.82, 2.24) is 4.72 Å². The van der Waals surface area contributed by atoms with E-state index in [2.05, 4.69) is 11.6 Å². The monoisotopic (exact) mass is 312 g/mol. The minimum Gasteiger partial charge on any atom is -0.497 e. The standard InChI is InChI=1S/C15H24N2O3S/c1-11-4-3-5-12(7-6-11)17-21(18,19)15-9-8-13(20-2)10-14(15)16/h8-12,17H,3-7,16H2,1-2H3. The van der Waals surface area contributed by atoms with Gasteiger partial charge in [-0.05, 0) is 37.3 Å². The van der Waals surface area contributed by atoms with Gasteiger partial charge in [-0.2, -0.15) is 0 Å². The minimum atomic E-state index is -3.58. The second kappa shape index (κ2) is 6.66. The van der Waals surface area contributed by atoms with E-state index in [9.17, 15) is 8.42 Å². The Bertz CT molecular complexity index is 587. The predicted octanol–water partition coefficient (Wildman–Crippen LogP) is 2.52. The Morgan fingerprint density at radius 2 is 2.00 bits per heavy atom. The molecule has 6 heteroatoms. The van der Waals surface area contributed by atoms with Crippen molar-refractivity contribution in [3.63, 3.8) is 0 Å². The van der Waals surface area contributed by atoms with Crippen molar-refractivity contribution in [2.45, 2.75) is 50.0 Å². The lowest BCUT2D eigenvalue weighted by Crippen LogP contribution is -2.34. The summed E-state index contributed by atoms with van der Waals surface area (Å²) in [6.07, 6.45) is 5.07. The second-order valence-corrected chi connectivity index (χ2v) is 7.52. The summed E-state index contributed by atoms with van der Waals surface area (Å²) in [6, 6.07) is 4.64. The maximum atomic E-state index is 12.5. The van der Waals surface area contributed by atoms with Crippen molar-refractivity contribution in [3.8, 4) is 5.75 Å². The van der Waals surface area contributed by atoms with E-state index in [0.29, 0.717) is 11.7 Å². The number of hydrogen-bond acceptors (Lipinski definition) is 4. The fourth-order valence-corrected chi connectivity index (χ4v) is 4.20. The van der Waals surface area contributed by atoms with Gasteiger partial charge in [0.25, 0.3) is 0 Å². The molecule has 0 bridgehead atoms. The van der Waals surface area contributed by atoms with Crippen LogP contribution in [0.15, 0.2) is 23.1 Å². The average Bonchev–Trinajstić information content (AvgIpc) is 2.62. The normalized spacial score (nSPS) is 23.5. The van der Waals surface area contributed by atoms with Crippen molar-refractivity contribution in [1.29, 1.82) is 0 Å². The lowest BCUT2D eigenvalue weighted by atomic mass is 10.0. The Balaban J connectivity index is 2.14. The summed E-state index contributed by atoms with van der Waals surface area (Å²) in [5.74, 6) is 1.22. The Morgan fingerprint density at radius 1 is 1.24 bits per heavy atom. The number of anilines is 1. The number of ether oxygens (including phenoxy) is 1. The van der Waals surface area contributed by atoms with Crippen molar-refractivity contribution in [2.75, 3.05) is 12.8 Å². The van der Waals surface area contributed by atoms with Crippen molar-refractivity contribution in [3.05, 3.63) is 18.2 Å². The molecule has 0 heterocycles. The maximum Gasteiger partial charge on any atom is 0.242 e. The number of methoxy groups -OCH3 is 1. The number of benzene rings is 1. The van der Waals surface area contributed by atoms with Crippen LogP contribution in [0.2, 0.25) is 0 Å². The zero-order chi connectivity index (χ0) is 15.5. The molecule has 0 radical (unpaired) electrons. The molecule has 0 saturated heterocycles. The SMILES string of the molecule is COc1ccc(S(=O)(=O)NC2CCCC(C)CC2)c(N)c1. The molecular formula is C15H24N2O3S. The molecule has 1 aromatic carbocycles. The highest BCUT2D eigenvalue weighted by atomic mass is 32.2. The van der Waals surface area contributed by atoms with Gasteiger partial charge in [0.1, 0.15) is 10.6 Å². The van der Waals surface area contributed by atoms with E-state index in [0.717, 1.165) is 25.7 Å². The molecule has 0 aliphatic heterocycles. The van der Waals surface area contributed by atoms with Crippen LogP contribution < -0.4 is 15.2 Å². The van der Waals surface area contributed by atoms with Crippen molar-refractivity contribution in [2.24, 2.45) is 5.92 Å².